The molecular weight excluding hydrogens is 485 g/mol. The van der Waals surface area contributed by atoms with Gasteiger partial charge >= 0.3 is 0 Å². The Hall–Kier alpha value is -3.00. The van der Waals surface area contributed by atoms with Gasteiger partial charge in [0.25, 0.3) is 5.91 Å². The van der Waals surface area contributed by atoms with Crippen LogP contribution >= 0.6 is 34.8 Å². The van der Waals surface area contributed by atoms with E-state index in [9.17, 15) is 4.79 Å². The van der Waals surface area contributed by atoms with Crippen LogP contribution in [0.25, 0.3) is 0 Å². The van der Waals surface area contributed by atoms with Crippen molar-refractivity contribution < 1.29 is 9.53 Å². The molecule has 0 unspecified atom stereocenters. The molecule has 0 aliphatic heterocycles. The Morgan fingerprint density at radius 1 is 1.06 bits per heavy atom. The number of anilines is 1. The molecule has 170 valence electrons. The van der Waals surface area contributed by atoms with E-state index < -0.39 is 0 Å². The van der Waals surface area contributed by atoms with Gasteiger partial charge in [0.15, 0.2) is 12.4 Å². The minimum atomic E-state index is -0.344. The van der Waals surface area contributed by atoms with E-state index in [4.69, 9.17) is 39.5 Å². The van der Waals surface area contributed by atoms with Gasteiger partial charge in [-0.15, -0.1) is 0 Å². The van der Waals surface area contributed by atoms with Crippen molar-refractivity contribution in [3.63, 3.8) is 0 Å². The number of nitrogens with zero attached hydrogens (tertiary/aromatic N) is 4. The van der Waals surface area contributed by atoms with Crippen molar-refractivity contribution in [2.45, 2.75) is 27.1 Å². The highest BCUT2D eigenvalue weighted by Gasteiger charge is 2.17. The number of nitrogens with one attached hydrogen (secondary N) is 1. The second kappa shape index (κ2) is 9.87. The van der Waals surface area contributed by atoms with Crippen LogP contribution < -0.4 is 10.1 Å². The fourth-order valence-corrected chi connectivity index (χ4v) is 3.86. The maximum absolute atomic E-state index is 12.8. The molecule has 4 rings (SSSR count). The topological polar surface area (TPSA) is 74.0 Å². The first kappa shape index (κ1) is 23.2. The van der Waals surface area contributed by atoms with E-state index in [-0.39, 0.29) is 18.3 Å². The molecule has 7 nitrogen and oxygen atoms in total. The summed E-state index contributed by atoms with van der Waals surface area (Å²) in [6, 6.07) is 14.3. The van der Waals surface area contributed by atoms with E-state index in [0.29, 0.717) is 38.7 Å². The summed E-state index contributed by atoms with van der Waals surface area (Å²) < 4.78 is 8.98. The number of hydrogen-bond donors (Lipinski definition) is 1. The molecular formula is C23H20Cl3N5O2. The number of hydrogen-bond acceptors (Lipinski definition) is 4. The number of halogens is 3. The predicted octanol–water partition coefficient (Wildman–Crippen LogP) is 5.99. The number of ether oxygens (including phenoxy) is 1. The van der Waals surface area contributed by atoms with Crippen LogP contribution in [0.3, 0.4) is 0 Å². The van der Waals surface area contributed by atoms with Crippen molar-refractivity contribution in [1.29, 1.82) is 0 Å². The zero-order chi connectivity index (χ0) is 23.5. The Morgan fingerprint density at radius 3 is 2.64 bits per heavy atom. The molecule has 0 bridgehead atoms. The average Bonchev–Trinajstić information content (AvgIpc) is 3.35. The lowest BCUT2D eigenvalue weighted by Gasteiger charge is -2.09. The lowest BCUT2D eigenvalue weighted by Crippen LogP contribution is -2.15. The third-order valence-corrected chi connectivity index (χ3v) is 6.02. The fourth-order valence-electron chi connectivity index (χ4n) is 3.30. The molecule has 0 spiro atoms. The molecule has 2 aromatic carbocycles. The van der Waals surface area contributed by atoms with Gasteiger partial charge in [0.2, 0.25) is 0 Å². The second-order valence-corrected chi connectivity index (χ2v) is 8.57. The van der Waals surface area contributed by atoms with Crippen LogP contribution in [0.4, 0.5) is 5.69 Å². The summed E-state index contributed by atoms with van der Waals surface area (Å²) in [5.74, 6) is 0.0899. The number of aromatic nitrogens is 4. The van der Waals surface area contributed by atoms with Crippen molar-refractivity contribution in [3.8, 4) is 5.75 Å². The zero-order valence-corrected chi connectivity index (χ0v) is 20.1. The highest BCUT2D eigenvalue weighted by molar-refractivity contribution is 6.42. The van der Waals surface area contributed by atoms with E-state index >= 15 is 0 Å². The van der Waals surface area contributed by atoms with Crippen LogP contribution in [0.15, 0.2) is 54.7 Å². The Balaban J connectivity index is 1.43. The van der Waals surface area contributed by atoms with Crippen molar-refractivity contribution in [2.24, 2.45) is 0 Å². The van der Waals surface area contributed by atoms with Crippen molar-refractivity contribution in [1.82, 2.24) is 19.6 Å². The van der Waals surface area contributed by atoms with E-state index in [1.807, 2.05) is 42.8 Å². The second-order valence-electron chi connectivity index (χ2n) is 7.35. The molecule has 0 saturated carbocycles. The molecule has 0 atom stereocenters. The van der Waals surface area contributed by atoms with Gasteiger partial charge in [-0.05, 0) is 49.7 Å². The van der Waals surface area contributed by atoms with Crippen molar-refractivity contribution in [2.75, 3.05) is 5.32 Å². The van der Waals surface area contributed by atoms with E-state index in [2.05, 4.69) is 15.5 Å². The maximum atomic E-state index is 12.8. The molecule has 2 aromatic heterocycles. The highest BCUT2D eigenvalue weighted by atomic mass is 35.5. The maximum Gasteiger partial charge on any atom is 0.276 e. The first-order valence-corrected chi connectivity index (χ1v) is 11.2. The Morgan fingerprint density at radius 2 is 1.85 bits per heavy atom. The molecule has 0 saturated heterocycles. The SMILES string of the molecule is Cc1nn(Cc2cccc(Cl)c2)c(C)c1NC(=O)c1ccn(COc2cccc(Cl)c2Cl)n1. The van der Waals surface area contributed by atoms with E-state index in [0.717, 1.165) is 11.3 Å². The van der Waals surface area contributed by atoms with Gasteiger partial charge in [-0.3, -0.25) is 9.48 Å². The van der Waals surface area contributed by atoms with Crippen LogP contribution in [0, 0.1) is 13.8 Å². The predicted molar refractivity (Wildman–Crippen MR) is 130 cm³/mol. The van der Waals surface area contributed by atoms with E-state index in [1.54, 1.807) is 30.5 Å². The largest absolute Gasteiger partial charge is 0.470 e. The zero-order valence-electron chi connectivity index (χ0n) is 17.8. The third kappa shape index (κ3) is 5.33. The van der Waals surface area contributed by atoms with E-state index in [1.165, 1.54) is 4.68 Å². The van der Waals surface area contributed by atoms with Gasteiger partial charge in [-0.2, -0.15) is 10.2 Å². The normalized spacial score (nSPS) is 10.9. The minimum absolute atomic E-state index is 0.0724. The Bertz CT molecular complexity index is 1320. The molecule has 33 heavy (non-hydrogen) atoms. The number of benzene rings is 2. The first-order chi connectivity index (χ1) is 15.8. The molecule has 1 N–H and O–H groups in total. The van der Waals surface area contributed by atoms with Crippen molar-refractivity contribution >= 4 is 46.4 Å². The van der Waals surface area contributed by atoms with Gasteiger partial charge < -0.3 is 10.1 Å². The fraction of sp³-hybridized carbons (Fsp3) is 0.174. The van der Waals surface area contributed by atoms with Gasteiger partial charge in [-0.25, -0.2) is 4.68 Å². The Labute approximate surface area is 205 Å². The summed E-state index contributed by atoms with van der Waals surface area (Å²) in [6.45, 7) is 4.36. The monoisotopic (exact) mass is 503 g/mol. The molecule has 4 aromatic rings. The molecule has 0 fully saturated rings. The lowest BCUT2D eigenvalue weighted by atomic mass is 10.2. The molecule has 1 amide bonds. The molecule has 0 radical (unpaired) electrons. The average molecular weight is 505 g/mol. The summed E-state index contributed by atoms with van der Waals surface area (Å²) in [5, 5.41) is 13.1. The van der Waals surface area contributed by atoms with Crippen LogP contribution in [0.5, 0.6) is 5.75 Å². The number of amides is 1. The molecule has 0 aliphatic rings. The standard InChI is InChI=1S/C23H20Cl3N5O2/c1-14-22(15(2)31(28-14)12-16-5-3-6-17(24)11-16)27-23(32)19-9-10-30(29-19)13-33-20-8-4-7-18(25)21(20)26/h3-11H,12-13H2,1-2H3,(H,27,32). The molecule has 2 heterocycles. The van der Waals surface area contributed by atoms with Crippen LogP contribution in [-0.2, 0) is 13.3 Å². The number of carbonyl (C=O) groups is 1. The summed E-state index contributed by atoms with van der Waals surface area (Å²) in [4.78, 5) is 12.8. The number of rotatable bonds is 7. The molecule has 10 heteroatoms. The quantitative estimate of drug-likeness (QED) is 0.335. The van der Waals surface area contributed by atoms with Gasteiger partial charge in [0, 0.05) is 11.2 Å². The summed E-state index contributed by atoms with van der Waals surface area (Å²) in [5.41, 5.74) is 3.46. The summed E-state index contributed by atoms with van der Waals surface area (Å²) in [6.07, 6.45) is 1.65. The minimum Gasteiger partial charge on any atom is -0.470 e. The molecule has 0 aliphatic carbocycles. The highest BCUT2D eigenvalue weighted by Crippen LogP contribution is 2.31. The van der Waals surface area contributed by atoms with Crippen LogP contribution in [-0.4, -0.2) is 25.5 Å². The Kier molecular flexibility index (Phi) is 6.93. The van der Waals surface area contributed by atoms with Crippen molar-refractivity contribution in [3.05, 3.63) is 92.4 Å². The van der Waals surface area contributed by atoms with Gasteiger partial charge in [-0.1, -0.05) is 53.0 Å². The van der Waals surface area contributed by atoms with Crippen LogP contribution in [0.1, 0.15) is 27.4 Å². The van der Waals surface area contributed by atoms with Gasteiger partial charge in [0.1, 0.15) is 10.8 Å². The number of aryl methyl sites for hydroxylation is 1. The first-order valence-electron chi connectivity index (χ1n) is 10.0. The number of carbonyl (C=O) groups excluding carboxylic acids is 1. The summed E-state index contributed by atoms with van der Waals surface area (Å²) in [7, 11) is 0. The van der Waals surface area contributed by atoms with Crippen LogP contribution in [0.2, 0.25) is 15.1 Å². The van der Waals surface area contributed by atoms with Gasteiger partial charge in [0.05, 0.1) is 28.6 Å². The smallest absolute Gasteiger partial charge is 0.276 e. The third-order valence-electron chi connectivity index (χ3n) is 4.98. The lowest BCUT2D eigenvalue weighted by molar-refractivity contribution is 0.102. The summed E-state index contributed by atoms with van der Waals surface area (Å²) >= 11 is 18.2.